The van der Waals surface area contributed by atoms with Gasteiger partial charge in [0.2, 0.25) is 0 Å². The van der Waals surface area contributed by atoms with E-state index in [1.54, 1.807) is 36.5 Å². The molecule has 2 aromatic heterocycles. The van der Waals surface area contributed by atoms with Gasteiger partial charge in [-0.25, -0.2) is 4.79 Å². The van der Waals surface area contributed by atoms with Crippen LogP contribution in [0.25, 0.3) is 23.1 Å². The Kier molecular flexibility index (Phi) is 4.51. The van der Waals surface area contributed by atoms with Crippen molar-refractivity contribution >= 4 is 34.8 Å². The number of H-pyrrole nitrogens is 1. The number of fused-ring (bicyclic) bond motifs is 1. The molecule has 0 bridgehead atoms. The molecule has 2 heterocycles. The van der Waals surface area contributed by atoms with E-state index in [9.17, 15) is 14.7 Å². The molecule has 0 spiro atoms. The number of nitrogens with one attached hydrogen (secondary N) is 1. The van der Waals surface area contributed by atoms with Crippen LogP contribution in [-0.4, -0.2) is 32.0 Å². The maximum atomic E-state index is 12.8. The molecule has 2 N–H and O–H groups in total. The molecule has 0 radical (unpaired) electrons. The Hall–Kier alpha value is -4.06. The number of carboxylic acids is 1. The molecule has 0 aliphatic carbocycles. The van der Waals surface area contributed by atoms with Gasteiger partial charge in [-0.1, -0.05) is 30.3 Å². The first-order valence-electron chi connectivity index (χ1n) is 8.58. The van der Waals surface area contributed by atoms with E-state index in [-0.39, 0.29) is 16.9 Å². The Morgan fingerprint density at radius 2 is 1.71 bits per heavy atom. The third-order valence-corrected chi connectivity index (χ3v) is 4.36. The lowest BCUT2D eigenvalue weighted by Crippen LogP contribution is -2.09. The molecule has 28 heavy (non-hydrogen) atoms. The number of carbonyl (C=O) groups is 2. The van der Waals surface area contributed by atoms with Gasteiger partial charge in [0.1, 0.15) is 0 Å². The van der Waals surface area contributed by atoms with Crippen molar-refractivity contribution < 1.29 is 14.7 Å². The number of benzene rings is 2. The molecule has 0 saturated carbocycles. The fourth-order valence-electron chi connectivity index (χ4n) is 2.97. The van der Waals surface area contributed by atoms with E-state index in [0.29, 0.717) is 11.1 Å². The van der Waals surface area contributed by atoms with Crippen LogP contribution >= 0.6 is 0 Å². The highest BCUT2D eigenvalue weighted by atomic mass is 16.4. The second-order valence-corrected chi connectivity index (χ2v) is 6.14. The van der Waals surface area contributed by atoms with E-state index in [4.69, 9.17) is 0 Å². The number of rotatable bonds is 5. The normalized spacial score (nSPS) is 11.1. The van der Waals surface area contributed by atoms with Gasteiger partial charge in [-0.3, -0.25) is 14.9 Å². The lowest BCUT2D eigenvalue weighted by atomic mass is 9.97. The van der Waals surface area contributed by atoms with E-state index in [0.717, 1.165) is 16.8 Å². The van der Waals surface area contributed by atoms with Crippen LogP contribution in [0.2, 0.25) is 0 Å². The summed E-state index contributed by atoms with van der Waals surface area (Å²) >= 11 is 0. The minimum atomic E-state index is -1.13. The van der Waals surface area contributed by atoms with Gasteiger partial charge in [0.25, 0.3) is 0 Å². The summed E-state index contributed by atoms with van der Waals surface area (Å²) in [6, 6.07) is 17.0. The van der Waals surface area contributed by atoms with Crippen molar-refractivity contribution in [2.45, 2.75) is 0 Å². The van der Waals surface area contributed by atoms with Crippen molar-refractivity contribution in [2.24, 2.45) is 0 Å². The van der Waals surface area contributed by atoms with Gasteiger partial charge < -0.3 is 5.11 Å². The van der Waals surface area contributed by atoms with Gasteiger partial charge in [-0.15, -0.1) is 0 Å². The molecule has 4 aromatic rings. The highest BCUT2D eigenvalue weighted by molar-refractivity contribution is 6.15. The summed E-state index contributed by atoms with van der Waals surface area (Å²) in [5.74, 6) is -1.48. The summed E-state index contributed by atoms with van der Waals surface area (Å²) < 4.78 is 0. The Balaban J connectivity index is 1.67. The van der Waals surface area contributed by atoms with Crippen LogP contribution in [0.4, 0.5) is 0 Å². The number of ketones is 1. The first-order valence-corrected chi connectivity index (χ1v) is 8.58. The summed E-state index contributed by atoms with van der Waals surface area (Å²) in [6.07, 6.45) is 5.43. The zero-order chi connectivity index (χ0) is 19.5. The van der Waals surface area contributed by atoms with Gasteiger partial charge in [0, 0.05) is 22.7 Å². The number of hydrogen-bond acceptors (Lipinski definition) is 4. The van der Waals surface area contributed by atoms with E-state index < -0.39 is 5.97 Å². The number of pyridine rings is 1. The standard InChI is InChI=1S/C22H15N3O3/c26-21(16-6-1-2-7-17(16)22(27)28)14-8-10-18-19(24-25-20(18)13-14)11-9-15-5-3-4-12-23-15/h1-13H,(H,24,25)(H,27,28). The quantitative estimate of drug-likeness (QED) is 0.517. The largest absolute Gasteiger partial charge is 0.478 e. The van der Waals surface area contributed by atoms with Crippen molar-refractivity contribution in [2.75, 3.05) is 0 Å². The maximum absolute atomic E-state index is 12.8. The van der Waals surface area contributed by atoms with E-state index in [1.807, 2.05) is 30.4 Å². The summed E-state index contributed by atoms with van der Waals surface area (Å²) in [5.41, 5.74) is 2.77. The zero-order valence-corrected chi connectivity index (χ0v) is 14.7. The molecule has 0 aliphatic rings. The molecule has 0 saturated heterocycles. The van der Waals surface area contributed by atoms with Gasteiger partial charge in [-0.2, -0.15) is 5.10 Å². The van der Waals surface area contributed by atoms with E-state index in [1.165, 1.54) is 12.1 Å². The topological polar surface area (TPSA) is 95.9 Å². The third kappa shape index (κ3) is 3.31. The zero-order valence-electron chi connectivity index (χ0n) is 14.7. The Labute approximate surface area is 160 Å². The minimum absolute atomic E-state index is 0.0174. The SMILES string of the molecule is O=C(O)c1ccccc1C(=O)c1ccc2c(C=Cc3ccccn3)n[nH]c2c1. The van der Waals surface area contributed by atoms with Crippen LogP contribution in [0.15, 0.2) is 66.9 Å². The van der Waals surface area contributed by atoms with Crippen LogP contribution in [-0.2, 0) is 0 Å². The average molecular weight is 369 g/mol. The van der Waals surface area contributed by atoms with Crippen molar-refractivity contribution in [3.63, 3.8) is 0 Å². The molecular weight excluding hydrogens is 354 g/mol. The van der Waals surface area contributed by atoms with Crippen LogP contribution in [0.5, 0.6) is 0 Å². The number of nitrogens with zero attached hydrogens (tertiary/aromatic N) is 2. The molecule has 136 valence electrons. The number of aromatic amines is 1. The van der Waals surface area contributed by atoms with Crippen molar-refractivity contribution in [1.82, 2.24) is 15.2 Å². The molecule has 0 unspecified atom stereocenters. The van der Waals surface area contributed by atoms with E-state index in [2.05, 4.69) is 15.2 Å². The lowest BCUT2D eigenvalue weighted by molar-refractivity contribution is 0.0693. The van der Waals surface area contributed by atoms with Gasteiger partial charge in [-0.05, 0) is 42.5 Å². The molecule has 2 aromatic carbocycles. The van der Waals surface area contributed by atoms with Crippen molar-refractivity contribution in [3.8, 4) is 0 Å². The molecule has 0 fully saturated rings. The molecule has 6 nitrogen and oxygen atoms in total. The van der Waals surface area contributed by atoms with Gasteiger partial charge in [0.05, 0.1) is 22.5 Å². The molecule has 6 heteroatoms. The second-order valence-electron chi connectivity index (χ2n) is 6.14. The number of aromatic nitrogens is 3. The molecule has 0 amide bonds. The first kappa shape index (κ1) is 17.4. The van der Waals surface area contributed by atoms with E-state index >= 15 is 0 Å². The summed E-state index contributed by atoms with van der Waals surface area (Å²) in [6.45, 7) is 0. The van der Waals surface area contributed by atoms with Crippen molar-refractivity contribution in [1.29, 1.82) is 0 Å². The molecule has 4 rings (SSSR count). The molecule has 0 aliphatic heterocycles. The Morgan fingerprint density at radius 3 is 2.46 bits per heavy atom. The number of hydrogen-bond donors (Lipinski definition) is 2. The van der Waals surface area contributed by atoms with Crippen LogP contribution < -0.4 is 0 Å². The third-order valence-electron chi connectivity index (χ3n) is 4.36. The van der Waals surface area contributed by atoms with Crippen LogP contribution in [0, 0.1) is 0 Å². The predicted molar refractivity (Wildman–Crippen MR) is 106 cm³/mol. The molecular formula is C22H15N3O3. The molecule has 0 atom stereocenters. The average Bonchev–Trinajstić information content (AvgIpc) is 3.14. The number of carboxylic acid groups (broad SMARTS) is 1. The first-order chi connectivity index (χ1) is 13.6. The smallest absolute Gasteiger partial charge is 0.336 e. The summed E-state index contributed by atoms with van der Waals surface area (Å²) in [4.78, 5) is 28.4. The van der Waals surface area contributed by atoms with Crippen molar-refractivity contribution in [3.05, 3.63) is 94.9 Å². The highest BCUT2D eigenvalue weighted by Crippen LogP contribution is 2.22. The van der Waals surface area contributed by atoms with Crippen LogP contribution in [0.1, 0.15) is 37.7 Å². The van der Waals surface area contributed by atoms with Gasteiger partial charge >= 0.3 is 5.97 Å². The minimum Gasteiger partial charge on any atom is -0.478 e. The fraction of sp³-hybridized carbons (Fsp3) is 0. The Bertz CT molecular complexity index is 1210. The summed E-state index contributed by atoms with van der Waals surface area (Å²) in [7, 11) is 0. The maximum Gasteiger partial charge on any atom is 0.336 e. The predicted octanol–water partition coefficient (Wildman–Crippen LogP) is 4.06. The second kappa shape index (κ2) is 7.28. The number of aromatic carboxylic acids is 1. The monoisotopic (exact) mass is 369 g/mol. The van der Waals surface area contributed by atoms with Gasteiger partial charge in [0.15, 0.2) is 5.78 Å². The number of carbonyl (C=O) groups excluding carboxylic acids is 1. The Morgan fingerprint density at radius 1 is 0.929 bits per heavy atom. The summed E-state index contributed by atoms with van der Waals surface area (Å²) in [5, 5.41) is 17.4. The fourth-order valence-corrected chi connectivity index (χ4v) is 2.97. The highest BCUT2D eigenvalue weighted by Gasteiger charge is 2.18. The lowest BCUT2D eigenvalue weighted by Gasteiger charge is -2.05. The van der Waals surface area contributed by atoms with Crippen LogP contribution in [0.3, 0.4) is 0 Å².